The molecule has 0 aliphatic rings. The number of nitrogens with one attached hydrogen (secondary N) is 2. The van der Waals surface area contributed by atoms with Crippen molar-refractivity contribution in [1.82, 2.24) is 10.8 Å². The number of hydrogen-bond donors (Lipinski definition) is 3. The van der Waals surface area contributed by atoms with Gasteiger partial charge in [-0.15, -0.1) is 22.7 Å². The fourth-order valence-corrected chi connectivity index (χ4v) is 4.19. The normalized spacial score (nSPS) is 11.8. The van der Waals surface area contributed by atoms with Gasteiger partial charge in [0, 0.05) is 9.75 Å². The van der Waals surface area contributed by atoms with Gasteiger partial charge in [-0.05, 0) is 49.2 Å². The molecular formula is C19H18N2O3S2. The lowest BCUT2D eigenvalue weighted by molar-refractivity contribution is 0.0711. The Morgan fingerprint density at radius 2 is 1.58 bits per heavy atom. The highest BCUT2D eigenvalue weighted by Crippen LogP contribution is 2.28. The fourth-order valence-electron chi connectivity index (χ4n) is 2.51. The molecule has 0 aliphatic heterocycles. The Morgan fingerprint density at radius 1 is 0.923 bits per heavy atom. The third-order valence-electron chi connectivity index (χ3n) is 3.94. The first kappa shape index (κ1) is 18.3. The van der Waals surface area contributed by atoms with Crippen molar-refractivity contribution in [2.45, 2.75) is 19.9 Å². The highest BCUT2D eigenvalue weighted by Gasteiger charge is 2.16. The van der Waals surface area contributed by atoms with Crippen LogP contribution in [0.3, 0.4) is 0 Å². The highest BCUT2D eigenvalue weighted by atomic mass is 32.1. The predicted octanol–water partition coefficient (Wildman–Crippen LogP) is 4.40. The molecular weight excluding hydrogens is 368 g/mol. The molecule has 3 aromatic rings. The number of amides is 2. The number of aryl methyl sites for hydroxylation is 1. The molecule has 0 unspecified atom stereocenters. The van der Waals surface area contributed by atoms with Crippen LogP contribution in [0.5, 0.6) is 0 Å². The SMILES string of the molecule is Cc1ccc(-c2ccc([C@@H](C)NC(=O)c3ccc(C(=O)NO)s3)cc2)s1. The Bertz CT molecular complexity index is 928. The van der Waals surface area contributed by atoms with Gasteiger partial charge < -0.3 is 5.32 Å². The van der Waals surface area contributed by atoms with Crippen molar-refractivity contribution in [2.75, 3.05) is 0 Å². The summed E-state index contributed by atoms with van der Waals surface area (Å²) in [6.07, 6.45) is 0. The third-order valence-corrected chi connectivity index (χ3v) is 6.07. The van der Waals surface area contributed by atoms with E-state index >= 15 is 0 Å². The summed E-state index contributed by atoms with van der Waals surface area (Å²) in [6.45, 7) is 4.00. The van der Waals surface area contributed by atoms with Gasteiger partial charge in [0.15, 0.2) is 0 Å². The van der Waals surface area contributed by atoms with Crippen molar-refractivity contribution in [3.63, 3.8) is 0 Å². The van der Waals surface area contributed by atoms with E-state index in [1.807, 2.05) is 19.1 Å². The van der Waals surface area contributed by atoms with Gasteiger partial charge in [-0.2, -0.15) is 0 Å². The molecule has 5 nitrogen and oxygen atoms in total. The maximum Gasteiger partial charge on any atom is 0.284 e. The van der Waals surface area contributed by atoms with Gasteiger partial charge in [0.2, 0.25) is 0 Å². The van der Waals surface area contributed by atoms with Gasteiger partial charge in [0.25, 0.3) is 11.8 Å². The largest absolute Gasteiger partial charge is 0.345 e. The maximum atomic E-state index is 12.4. The second-order valence-electron chi connectivity index (χ2n) is 5.83. The Morgan fingerprint density at radius 3 is 2.15 bits per heavy atom. The standard InChI is InChI=1S/C19H18N2O3S2/c1-11-3-8-15(25-11)14-6-4-13(5-7-14)12(2)20-18(22)16-9-10-17(26-16)19(23)21-24/h3-10,12,24H,1-2H3,(H,20,22)(H,21,23)/t12-/m1/s1. The van der Waals surface area contributed by atoms with E-state index in [9.17, 15) is 9.59 Å². The van der Waals surface area contributed by atoms with Crippen molar-refractivity contribution in [2.24, 2.45) is 0 Å². The smallest absolute Gasteiger partial charge is 0.284 e. The molecule has 0 radical (unpaired) electrons. The number of rotatable bonds is 5. The van der Waals surface area contributed by atoms with Crippen molar-refractivity contribution in [3.05, 3.63) is 68.7 Å². The fraction of sp³-hybridized carbons (Fsp3) is 0.158. The first-order valence-electron chi connectivity index (χ1n) is 8.00. The molecule has 3 rings (SSSR count). The molecule has 3 N–H and O–H groups in total. The van der Waals surface area contributed by atoms with Crippen LogP contribution < -0.4 is 10.8 Å². The van der Waals surface area contributed by atoms with Gasteiger partial charge >= 0.3 is 0 Å². The molecule has 0 saturated carbocycles. The molecule has 0 fully saturated rings. The molecule has 0 aliphatic carbocycles. The van der Waals surface area contributed by atoms with E-state index in [0.29, 0.717) is 4.88 Å². The molecule has 0 bridgehead atoms. The minimum atomic E-state index is -0.624. The van der Waals surface area contributed by atoms with Crippen LogP contribution >= 0.6 is 22.7 Å². The minimum Gasteiger partial charge on any atom is -0.345 e. The van der Waals surface area contributed by atoms with Gasteiger partial charge in [-0.1, -0.05) is 24.3 Å². The summed E-state index contributed by atoms with van der Waals surface area (Å²) in [7, 11) is 0. The topological polar surface area (TPSA) is 78.4 Å². The van der Waals surface area contributed by atoms with Crippen molar-refractivity contribution < 1.29 is 14.8 Å². The second kappa shape index (κ2) is 7.82. The number of carbonyl (C=O) groups excluding carboxylic acids is 2. The van der Waals surface area contributed by atoms with Crippen LogP contribution in [-0.4, -0.2) is 17.0 Å². The van der Waals surface area contributed by atoms with Crippen LogP contribution in [0.25, 0.3) is 10.4 Å². The number of benzene rings is 1. The average Bonchev–Trinajstić information content (AvgIpc) is 3.30. The molecule has 0 spiro atoms. The van der Waals surface area contributed by atoms with Crippen molar-refractivity contribution >= 4 is 34.5 Å². The van der Waals surface area contributed by atoms with Gasteiger partial charge in [0.1, 0.15) is 0 Å². The first-order valence-corrected chi connectivity index (χ1v) is 9.63. The zero-order chi connectivity index (χ0) is 18.7. The van der Waals surface area contributed by atoms with Crippen LogP contribution in [0.15, 0.2) is 48.5 Å². The van der Waals surface area contributed by atoms with Gasteiger partial charge in [-0.25, -0.2) is 5.48 Å². The van der Waals surface area contributed by atoms with E-state index in [1.165, 1.54) is 15.8 Å². The van der Waals surface area contributed by atoms with E-state index in [1.54, 1.807) is 22.9 Å². The quantitative estimate of drug-likeness (QED) is 0.449. The van der Waals surface area contributed by atoms with Crippen molar-refractivity contribution in [3.8, 4) is 10.4 Å². The molecule has 2 heterocycles. The Labute approximate surface area is 159 Å². The lowest BCUT2D eigenvalue weighted by Gasteiger charge is -2.14. The molecule has 0 saturated heterocycles. The Hall–Kier alpha value is -2.48. The van der Waals surface area contributed by atoms with Crippen molar-refractivity contribution in [1.29, 1.82) is 0 Å². The second-order valence-corrected chi connectivity index (χ2v) is 8.20. The van der Waals surface area contributed by atoms with Crippen LogP contribution in [0.2, 0.25) is 0 Å². The van der Waals surface area contributed by atoms with Crippen LogP contribution in [0.4, 0.5) is 0 Å². The van der Waals surface area contributed by atoms with Crippen LogP contribution in [0.1, 0.15) is 42.7 Å². The third kappa shape index (κ3) is 4.01. The molecule has 2 aromatic heterocycles. The summed E-state index contributed by atoms with van der Waals surface area (Å²) in [4.78, 5) is 26.9. The van der Waals surface area contributed by atoms with E-state index < -0.39 is 5.91 Å². The molecule has 26 heavy (non-hydrogen) atoms. The first-order chi connectivity index (χ1) is 12.5. The monoisotopic (exact) mass is 386 g/mol. The molecule has 1 atom stereocenters. The average molecular weight is 386 g/mol. The maximum absolute atomic E-state index is 12.4. The summed E-state index contributed by atoms with van der Waals surface area (Å²) < 4.78 is 0. The van der Waals surface area contributed by atoms with Crippen LogP contribution in [0, 0.1) is 6.92 Å². The summed E-state index contributed by atoms with van der Waals surface area (Å²) in [6, 6.07) is 15.2. The predicted molar refractivity (Wildman–Crippen MR) is 104 cm³/mol. The highest BCUT2D eigenvalue weighted by molar-refractivity contribution is 7.16. The Kier molecular flexibility index (Phi) is 5.51. The minimum absolute atomic E-state index is 0.168. The van der Waals surface area contributed by atoms with E-state index in [4.69, 9.17) is 5.21 Å². The lowest BCUT2D eigenvalue weighted by Crippen LogP contribution is -2.25. The summed E-state index contributed by atoms with van der Waals surface area (Å²) >= 11 is 2.78. The molecule has 7 heteroatoms. The number of carbonyl (C=O) groups is 2. The molecule has 2 amide bonds. The Balaban J connectivity index is 1.67. The van der Waals surface area contributed by atoms with Gasteiger partial charge in [0.05, 0.1) is 15.8 Å². The summed E-state index contributed by atoms with van der Waals surface area (Å²) in [5, 5.41) is 11.6. The number of thiophene rings is 2. The molecule has 134 valence electrons. The summed E-state index contributed by atoms with van der Waals surface area (Å²) in [5.41, 5.74) is 3.72. The van der Waals surface area contributed by atoms with E-state index in [-0.39, 0.29) is 16.8 Å². The number of hydroxylamine groups is 1. The van der Waals surface area contributed by atoms with E-state index in [2.05, 4.69) is 36.5 Å². The molecule has 1 aromatic carbocycles. The zero-order valence-corrected chi connectivity index (χ0v) is 15.9. The summed E-state index contributed by atoms with van der Waals surface area (Å²) in [5.74, 6) is -0.876. The number of hydrogen-bond acceptors (Lipinski definition) is 5. The van der Waals surface area contributed by atoms with E-state index in [0.717, 1.165) is 22.5 Å². The zero-order valence-electron chi connectivity index (χ0n) is 14.3. The lowest BCUT2D eigenvalue weighted by atomic mass is 10.1. The van der Waals surface area contributed by atoms with Crippen LogP contribution in [-0.2, 0) is 0 Å². The van der Waals surface area contributed by atoms with Gasteiger partial charge in [-0.3, -0.25) is 14.8 Å².